The van der Waals surface area contributed by atoms with Crippen LogP contribution in [0.3, 0.4) is 0 Å². The largest absolute Gasteiger partial charge is 0.347 e. The van der Waals surface area contributed by atoms with Crippen LogP contribution >= 0.6 is 0 Å². The van der Waals surface area contributed by atoms with Gasteiger partial charge >= 0.3 is 0 Å². The SMILES string of the molecule is CCCCc1cn(CCCN)c2ccc(C(C)C)cc12. The molecule has 0 aliphatic rings. The second-order valence-corrected chi connectivity index (χ2v) is 6.02. The number of hydrogen-bond donors (Lipinski definition) is 1. The van der Waals surface area contributed by atoms with Crippen molar-refractivity contribution in [2.75, 3.05) is 6.54 Å². The quantitative estimate of drug-likeness (QED) is 0.793. The van der Waals surface area contributed by atoms with Gasteiger partial charge in [0.25, 0.3) is 0 Å². The zero-order valence-electron chi connectivity index (χ0n) is 13.2. The van der Waals surface area contributed by atoms with Gasteiger partial charge in [0.15, 0.2) is 0 Å². The van der Waals surface area contributed by atoms with Gasteiger partial charge in [-0.15, -0.1) is 0 Å². The lowest BCUT2D eigenvalue weighted by molar-refractivity contribution is 0.667. The molecular formula is C18H28N2. The van der Waals surface area contributed by atoms with E-state index in [-0.39, 0.29) is 0 Å². The number of hydrogen-bond acceptors (Lipinski definition) is 1. The van der Waals surface area contributed by atoms with E-state index in [4.69, 9.17) is 5.73 Å². The zero-order chi connectivity index (χ0) is 14.5. The van der Waals surface area contributed by atoms with E-state index in [1.807, 2.05) is 0 Å². The van der Waals surface area contributed by atoms with E-state index < -0.39 is 0 Å². The minimum absolute atomic E-state index is 0.589. The molecule has 0 spiro atoms. The van der Waals surface area contributed by atoms with E-state index in [2.05, 4.69) is 49.7 Å². The summed E-state index contributed by atoms with van der Waals surface area (Å²) in [6.45, 7) is 8.57. The zero-order valence-corrected chi connectivity index (χ0v) is 13.2. The molecule has 0 aliphatic heterocycles. The molecule has 20 heavy (non-hydrogen) atoms. The van der Waals surface area contributed by atoms with Crippen molar-refractivity contribution in [2.45, 2.75) is 58.9 Å². The van der Waals surface area contributed by atoms with Crippen molar-refractivity contribution < 1.29 is 0 Å². The Morgan fingerprint density at radius 2 is 2.00 bits per heavy atom. The van der Waals surface area contributed by atoms with E-state index >= 15 is 0 Å². The normalized spacial score (nSPS) is 11.7. The van der Waals surface area contributed by atoms with Crippen molar-refractivity contribution in [1.29, 1.82) is 0 Å². The molecule has 0 atom stereocenters. The molecule has 2 aromatic rings. The van der Waals surface area contributed by atoms with Gasteiger partial charge in [0.1, 0.15) is 0 Å². The van der Waals surface area contributed by atoms with E-state index in [0.29, 0.717) is 5.92 Å². The van der Waals surface area contributed by atoms with E-state index in [1.54, 1.807) is 0 Å². The van der Waals surface area contributed by atoms with Gasteiger partial charge in [-0.05, 0) is 55.0 Å². The summed E-state index contributed by atoms with van der Waals surface area (Å²) in [7, 11) is 0. The Morgan fingerprint density at radius 3 is 2.65 bits per heavy atom. The van der Waals surface area contributed by atoms with Crippen molar-refractivity contribution in [3.8, 4) is 0 Å². The van der Waals surface area contributed by atoms with Gasteiger partial charge < -0.3 is 10.3 Å². The van der Waals surface area contributed by atoms with Crippen LogP contribution in [0.4, 0.5) is 0 Å². The third kappa shape index (κ3) is 3.24. The summed E-state index contributed by atoms with van der Waals surface area (Å²) in [5, 5.41) is 1.45. The van der Waals surface area contributed by atoms with Gasteiger partial charge in [0.2, 0.25) is 0 Å². The summed E-state index contributed by atoms with van der Waals surface area (Å²) in [4.78, 5) is 0. The Kier molecular flexibility index (Phi) is 5.24. The van der Waals surface area contributed by atoms with Gasteiger partial charge in [0.05, 0.1) is 0 Å². The first-order valence-electron chi connectivity index (χ1n) is 7.99. The molecule has 0 unspecified atom stereocenters. The molecule has 0 amide bonds. The number of aromatic nitrogens is 1. The predicted octanol–water partition coefficient (Wildman–Crippen LogP) is 4.46. The summed E-state index contributed by atoms with van der Waals surface area (Å²) in [6.07, 6.45) is 7.09. The lowest BCUT2D eigenvalue weighted by Gasteiger charge is -2.08. The summed E-state index contributed by atoms with van der Waals surface area (Å²) in [6, 6.07) is 6.95. The standard InChI is InChI=1S/C18H28N2/c1-4-5-7-16-13-20(11-6-10-19)18-9-8-15(14(2)3)12-17(16)18/h8-9,12-14H,4-7,10-11,19H2,1-3H3. The van der Waals surface area contributed by atoms with Crippen molar-refractivity contribution >= 4 is 10.9 Å². The lowest BCUT2D eigenvalue weighted by atomic mass is 9.99. The highest BCUT2D eigenvalue weighted by atomic mass is 15.0. The highest BCUT2D eigenvalue weighted by Gasteiger charge is 2.10. The predicted molar refractivity (Wildman–Crippen MR) is 88.3 cm³/mol. The lowest BCUT2D eigenvalue weighted by Crippen LogP contribution is -2.04. The van der Waals surface area contributed by atoms with E-state index in [1.165, 1.54) is 41.3 Å². The maximum atomic E-state index is 5.66. The second kappa shape index (κ2) is 6.94. The molecule has 0 saturated heterocycles. The molecule has 1 aromatic carbocycles. The molecule has 1 aromatic heterocycles. The Balaban J connectivity index is 2.43. The Bertz CT molecular complexity index is 552. The fraction of sp³-hybridized carbons (Fsp3) is 0.556. The number of rotatable bonds is 7. The van der Waals surface area contributed by atoms with Gasteiger partial charge in [-0.1, -0.05) is 33.3 Å². The number of fused-ring (bicyclic) bond motifs is 1. The molecular weight excluding hydrogens is 244 g/mol. The van der Waals surface area contributed by atoms with Crippen LogP contribution in [0.15, 0.2) is 24.4 Å². The Hall–Kier alpha value is -1.28. The maximum absolute atomic E-state index is 5.66. The summed E-state index contributed by atoms with van der Waals surface area (Å²) >= 11 is 0. The average molecular weight is 272 g/mol. The number of unbranched alkanes of at least 4 members (excludes halogenated alkanes) is 1. The molecule has 0 radical (unpaired) electrons. The fourth-order valence-corrected chi connectivity index (χ4v) is 2.76. The molecule has 1 heterocycles. The molecule has 2 heteroatoms. The summed E-state index contributed by atoms with van der Waals surface area (Å²) in [5.74, 6) is 0.589. The molecule has 0 fully saturated rings. The molecule has 2 nitrogen and oxygen atoms in total. The summed E-state index contributed by atoms with van der Waals surface area (Å²) in [5.41, 5.74) is 9.97. The monoisotopic (exact) mass is 272 g/mol. The maximum Gasteiger partial charge on any atom is 0.0483 e. The Labute approximate surface area is 123 Å². The van der Waals surface area contributed by atoms with Crippen LogP contribution in [-0.4, -0.2) is 11.1 Å². The van der Waals surface area contributed by atoms with Crippen LogP contribution in [0.25, 0.3) is 10.9 Å². The van der Waals surface area contributed by atoms with Crippen molar-refractivity contribution in [2.24, 2.45) is 5.73 Å². The highest BCUT2D eigenvalue weighted by molar-refractivity contribution is 5.85. The number of benzene rings is 1. The Morgan fingerprint density at radius 1 is 1.20 bits per heavy atom. The average Bonchev–Trinajstić information content (AvgIpc) is 2.80. The van der Waals surface area contributed by atoms with E-state index in [9.17, 15) is 0 Å². The fourth-order valence-electron chi connectivity index (χ4n) is 2.76. The third-order valence-electron chi connectivity index (χ3n) is 4.06. The molecule has 0 aliphatic carbocycles. The van der Waals surface area contributed by atoms with Crippen molar-refractivity contribution in [3.63, 3.8) is 0 Å². The van der Waals surface area contributed by atoms with Gasteiger partial charge in [-0.2, -0.15) is 0 Å². The highest BCUT2D eigenvalue weighted by Crippen LogP contribution is 2.27. The number of nitrogens with two attached hydrogens (primary N) is 1. The van der Waals surface area contributed by atoms with Crippen LogP contribution in [0.5, 0.6) is 0 Å². The molecule has 0 saturated carbocycles. The van der Waals surface area contributed by atoms with Crippen LogP contribution in [0, 0.1) is 0 Å². The van der Waals surface area contributed by atoms with Gasteiger partial charge in [-0.3, -0.25) is 0 Å². The molecule has 0 bridgehead atoms. The molecule has 2 N–H and O–H groups in total. The third-order valence-corrected chi connectivity index (χ3v) is 4.06. The molecule has 2 rings (SSSR count). The smallest absolute Gasteiger partial charge is 0.0483 e. The minimum atomic E-state index is 0.589. The van der Waals surface area contributed by atoms with Crippen molar-refractivity contribution in [3.05, 3.63) is 35.5 Å². The van der Waals surface area contributed by atoms with E-state index in [0.717, 1.165) is 19.5 Å². The first-order valence-corrected chi connectivity index (χ1v) is 7.99. The van der Waals surface area contributed by atoms with Gasteiger partial charge in [0, 0.05) is 23.6 Å². The number of aryl methyl sites for hydroxylation is 2. The van der Waals surface area contributed by atoms with Crippen LogP contribution in [0.2, 0.25) is 0 Å². The minimum Gasteiger partial charge on any atom is -0.347 e. The second-order valence-electron chi connectivity index (χ2n) is 6.02. The van der Waals surface area contributed by atoms with Crippen molar-refractivity contribution in [1.82, 2.24) is 4.57 Å². The molecule has 110 valence electrons. The first-order chi connectivity index (χ1) is 9.67. The topological polar surface area (TPSA) is 30.9 Å². The van der Waals surface area contributed by atoms with Gasteiger partial charge in [-0.25, -0.2) is 0 Å². The first kappa shape index (κ1) is 15.1. The summed E-state index contributed by atoms with van der Waals surface area (Å²) < 4.78 is 2.39. The van der Waals surface area contributed by atoms with Crippen LogP contribution in [0.1, 0.15) is 57.1 Å². The van der Waals surface area contributed by atoms with Crippen LogP contribution in [-0.2, 0) is 13.0 Å². The van der Waals surface area contributed by atoms with Crippen LogP contribution < -0.4 is 5.73 Å². The number of nitrogens with zero attached hydrogens (tertiary/aromatic N) is 1.